The maximum Gasteiger partial charge on any atom is 0.264 e. The van der Waals surface area contributed by atoms with Crippen LogP contribution < -0.4 is 30.4 Å². The van der Waals surface area contributed by atoms with Gasteiger partial charge < -0.3 is 14.7 Å². The Hall–Kier alpha value is -5.26. The van der Waals surface area contributed by atoms with Crippen LogP contribution in [0.4, 0.5) is 39.8 Å². The second kappa shape index (κ2) is 15.7. The van der Waals surface area contributed by atoms with Crippen molar-refractivity contribution < 1.29 is 0 Å². The molecule has 0 saturated heterocycles. The van der Waals surface area contributed by atoms with E-state index in [2.05, 4.69) is 246 Å². The number of thiophene rings is 1. The topological polar surface area (TPSA) is 9.72 Å². The van der Waals surface area contributed by atoms with Crippen LogP contribution in [-0.2, 0) is 32.5 Å². The molecule has 75 heavy (non-hydrogen) atoms. The molecule has 7 aromatic rings. The molecular weight excluding hydrogens is 926 g/mol. The summed E-state index contributed by atoms with van der Waals surface area (Å²) >= 11 is 2.06. The number of nitrogens with zero attached hydrogens (tertiary/aromatic N) is 3. The Labute approximate surface area is 455 Å². The van der Waals surface area contributed by atoms with Gasteiger partial charge in [-0.3, -0.25) is 0 Å². The van der Waals surface area contributed by atoms with Crippen molar-refractivity contribution in [1.29, 1.82) is 0 Å². The summed E-state index contributed by atoms with van der Waals surface area (Å²) in [6.07, 6.45) is 9.75. The first-order valence-corrected chi connectivity index (χ1v) is 29.7. The fourth-order valence-electron chi connectivity index (χ4n) is 15.7. The molecule has 0 radical (unpaired) electrons. The molecule has 4 aliphatic heterocycles. The number of benzene rings is 6. The molecule has 2 aliphatic carbocycles. The van der Waals surface area contributed by atoms with Crippen LogP contribution in [0.3, 0.4) is 0 Å². The van der Waals surface area contributed by atoms with Crippen molar-refractivity contribution in [2.24, 2.45) is 0 Å². The zero-order valence-corrected chi connectivity index (χ0v) is 49.2. The van der Waals surface area contributed by atoms with E-state index in [-0.39, 0.29) is 50.3 Å². The van der Waals surface area contributed by atoms with Gasteiger partial charge in [0.1, 0.15) is 0 Å². The quantitative estimate of drug-likeness (QED) is 0.163. The summed E-state index contributed by atoms with van der Waals surface area (Å²) in [5.74, 6) is 0. The number of fused-ring (bicyclic) bond motifs is 12. The first-order chi connectivity index (χ1) is 35.2. The Morgan fingerprint density at radius 1 is 0.467 bits per heavy atom. The summed E-state index contributed by atoms with van der Waals surface area (Å²) in [5.41, 5.74) is 23.6. The number of hydrogen-bond acceptors (Lipinski definition) is 4. The van der Waals surface area contributed by atoms with Crippen LogP contribution in [0.15, 0.2) is 109 Å². The monoisotopic (exact) mass is 1010 g/mol. The predicted octanol–water partition coefficient (Wildman–Crippen LogP) is 17.9. The molecule has 2 fully saturated rings. The fourth-order valence-corrected chi connectivity index (χ4v) is 17.0. The minimum atomic E-state index is -0.122. The molecular formula is C70H82BN3S. The summed E-state index contributed by atoms with van der Waals surface area (Å²) in [4.78, 5) is 8.70. The maximum absolute atomic E-state index is 2.99. The zero-order valence-electron chi connectivity index (χ0n) is 48.4. The van der Waals surface area contributed by atoms with E-state index in [1.54, 1.807) is 11.1 Å². The molecule has 3 nitrogen and oxygen atoms in total. The first-order valence-electron chi connectivity index (χ1n) is 28.9. The predicted molar refractivity (Wildman–Crippen MR) is 327 cm³/mol. The Bertz CT molecular complexity index is 3540. The van der Waals surface area contributed by atoms with Crippen LogP contribution in [0.2, 0.25) is 0 Å². The van der Waals surface area contributed by atoms with Gasteiger partial charge in [0, 0.05) is 59.7 Å². The van der Waals surface area contributed by atoms with E-state index in [1.807, 2.05) is 0 Å². The van der Waals surface area contributed by atoms with Crippen LogP contribution in [-0.4, -0.2) is 17.8 Å². The number of rotatable bonds is 3. The van der Waals surface area contributed by atoms with Crippen LogP contribution in [0.25, 0.3) is 21.2 Å². The third-order valence-electron chi connectivity index (χ3n) is 20.8. The van der Waals surface area contributed by atoms with Gasteiger partial charge in [-0.25, -0.2) is 0 Å². The van der Waals surface area contributed by atoms with Crippen molar-refractivity contribution in [2.45, 2.75) is 206 Å². The summed E-state index contributed by atoms with van der Waals surface area (Å²) in [6.45, 7) is 39.4. The molecule has 0 amide bonds. The molecule has 4 unspecified atom stereocenters. The van der Waals surface area contributed by atoms with Crippen LogP contribution in [0.5, 0.6) is 0 Å². The highest BCUT2D eigenvalue weighted by atomic mass is 32.1. The molecule has 2 saturated carbocycles. The van der Waals surface area contributed by atoms with Crippen molar-refractivity contribution >= 4 is 83.6 Å². The second-order valence-electron chi connectivity index (χ2n) is 29.3. The Morgan fingerprint density at radius 2 is 1.00 bits per heavy atom. The van der Waals surface area contributed by atoms with Crippen LogP contribution in [0, 0.1) is 0 Å². The average molecular weight is 1010 g/mol. The lowest BCUT2D eigenvalue weighted by Crippen LogP contribution is -2.64. The van der Waals surface area contributed by atoms with Gasteiger partial charge in [-0.05, 0) is 154 Å². The number of hydrogen-bond donors (Lipinski definition) is 0. The van der Waals surface area contributed by atoms with E-state index in [9.17, 15) is 0 Å². The Kier molecular flexibility index (Phi) is 10.3. The van der Waals surface area contributed by atoms with Crippen molar-refractivity contribution in [2.75, 3.05) is 14.7 Å². The molecule has 6 aliphatic rings. The van der Waals surface area contributed by atoms with E-state index in [0.29, 0.717) is 0 Å². The summed E-state index contributed by atoms with van der Waals surface area (Å²) in [7, 11) is 0. The highest BCUT2D eigenvalue weighted by Gasteiger charge is 2.63. The molecule has 6 aromatic carbocycles. The van der Waals surface area contributed by atoms with Crippen molar-refractivity contribution in [3.05, 3.63) is 143 Å². The van der Waals surface area contributed by atoms with Crippen molar-refractivity contribution in [3.63, 3.8) is 0 Å². The SMILES string of the molecule is CC(C)(C)c1ccc(N2c3cc(N4c5ccc(C(C)(C)C)cc5C5(C)CCCCC45C)cc4c3B(c3cc(C(C)(C)C)cc5c3N4C3(C)CCCCC53C)c3sc4ccc(C(C)(C)C)cc4c32)c(-c2ccccc2)c1. The molecule has 0 spiro atoms. The molecule has 386 valence electrons. The zero-order chi connectivity index (χ0) is 52.9. The van der Waals surface area contributed by atoms with Crippen molar-refractivity contribution in [1.82, 2.24) is 0 Å². The van der Waals surface area contributed by atoms with Crippen LogP contribution >= 0.6 is 11.3 Å². The van der Waals surface area contributed by atoms with Gasteiger partial charge in [-0.1, -0.05) is 189 Å². The van der Waals surface area contributed by atoms with Gasteiger partial charge in [0.2, 0.25) is 0 Å². The first kappa shape index (κ1) is 49.3. The van der Waals surface area contributed by atoms with E-state index in [1.165, 1.54) is 144 Å². The van der Waals surface area contributed by atoms with Gasteiger partial charge in [0.25, 0.3) is 6.71 Å². The summed E-state index contributed by atoms with van der Waals surface area (Å²) in [6, 6.07) is 44.7. The van der Waals surface area contributed by atoms with Gasteiger partial charge in [0.05, 0.1) is 22.5 Å². The lowest BCUT2D eigenvalue weighted by molar-refractivity contribution is 0.194. The number of anilines is 7. The molecule has 1 aromatic heterocycles. The summed E-state index contributed by atoms with van der Waals surface area (Å²) < 4.78 is 2.84. The molecule has 0 bridgehead atoms. The van der Waals surface area contributed by atoms with E-state index in [0.717, 1.165) is 6.42 Å². The second-order valence-corrected chi connectivity index (χ2v) is 30.4. The highest BCUT2D eigenvalue weighted by Crippen LogP contribution is 2.66. The van der Waals surface area contributed by atoms with E-state index < -0.39 is 0 Å². The fraction of sp³-hybridized carbons (Fsp3) is 0.457. The molecule has 13 rings (SSSR count). The largest absolute Gasteiger partial charge is 0.335 e. The van der Waals surface area contributed by atoms with Crippen molar-refractivity contribution in [3.8, 4) is 11.1 Å². The molecule has 0 N–H and O–H groups in total. The Morgan fingerprint density at radius 3 is 1.64 bits per heavy atom. The van der Waals surface area contributed by atoms with Crippen LogP contribution in [0.1, 0.15) is 196 Å². The van der Waals surface area contributed by atoms with Gasteiger partial charge in [-0.2, -0.15) is 0 Å². The third-order valence-corrected chi connectivity index (χ3v) is 22.0. The normalized spacial score (nSPS) is 24.7. The van der Waals surface area contributed by atoms with Gasteiger partial charge >= 0.3 is 0 Å². The lowest BCUT2D eigenvalue weighted by atomic mass is 9.36. The molecule has 4 atom stereocenters. The third kappa shape index (κ3) is 6.70. The standard InChI is InChI=1S/C70H82BN3S/c1-63(2,3)44-26-29-54(49(36-44)43-24-18-17-19-25-43)72-56-41-48(73-55-30-27-46(65(7,8)9)38-51(55)67(13)32-20-22-34-69(67,73)15)42-57-59(56)71(62-60(72)50-37-45(64(4,5)6)28-31-58(50)75-62)53-40-47(66(10,11)12)39-52-61(53)74(57)70(16)35-23-21-33-68(52,70)14/h17-19,24-31,36-42H,20-23,32-35H2,1-16H3. The highest BCUT2D eigenvalue weighted by molar-refractivity contribution is 7.33. The lowest BCUT2D eigenvalue weighted by Gasteiger charge is -2.53. The van der Waals surface area contributed by atoms with Gasteiger partial charge in [-0.15, -0.1) is 11.3 Å². The van der Waals surface area contributed by atoms with E-state index in [4.69, 9.17) is 0 Å². The van der Waals surface area contributed by atoms with Gasteiger partial charge in [0.15, 0.2) is 0 Å². The average Bonchev–Trinajstić information content (AvgIpc) is 4.05. The summed E-state index contributed by atoms with van der Waals surface area (Å²) in [5, 5.41) is 1.37. The minimum Gasteiger partial charge on any atom is -0.335 e. The maximum atomic E-state index is 2.99. The van der Waals surface area contributed by atoms with E-state index >= 15 is 0 Å². The minimum absolute atomic E-state index is 0.00869. The Balaban J connectivity index is 1.21. The molecule has 5 heterocycles. The smallest absolute Gasteiger partial charge is 0.264 e. The molecule has 5 heteroatoms.